The summed E-state index contributed by atoms with van der Waals surface area (Å²) in [6, 6.07) is 17.0. The molecule has 1 fully saturated rings. The molecule has 1 aliphatic rings. The summed E-state index contributed by atoms with van der Waals surface area (Å²) in [6.45, 7) is 5.07. The lowest BCUT2D eigenvalue weighted by Gasteiger charge is -2.41. The van der Waals surface area contributed by atoms with Crippen LogP contribution in [0.15, 0.2) is 48.5 Å². The molecule has 0 bridgehead atoms. The monoisotopic (exact) mass is 384 g/mol. The molecule has 0 radical (unpaired) electrons. The van der Waals surface area contributed by atoms with Crippen LogP contribution in [0.2, 0.25) is 0 Å². The second-order valence-electron chi connectivity index (χ2n) is 7.35. The minimum atomic E-state index is 0.225. The van der Waals surface area contributed by atoms with Gasteiger partial charge in [-0.2, -0.15) is 0 Å². The van der Waals surface area contributed by atoms with Crippen molar-refractivity contribution >= 4 is 0 Å². The Kier molecular flexibility index (Phi) is 7.71. The molecule has 1 N–H and O–H groups in total. The minimum Gasteiger partial charge on any atom is -0.497 e. The average molecular weight is 385 g/mol. The zero-order valence-corrected chi connectivity index (χ0v) is 17.0. The third kappa shape index (κ3) is 5.47. The number of hydrogen-bond donors (Lipinski definition) is 1. The Bertz CT molecular complexity index is 723. The van der Waals surface area contributed by atoms with E-state index in [2.05, 4.69) is 46.2 Å². The highest BCUT2D eigenvalue weighted by Crippen LogP contribution is 2.26. The highest BCUT2D eigenvalue weighted by Gasteiger charge is 2.27. The van der Waals surface area contributed by atoms with Gasteiger partial charge >= 0.3 is 0 Å². The lowest BCUT2D eigenvalue weighted by atomic mass is 10.1. The first-order valence-electron chi connectivity index (χ1n) is 10.1. The van der Waals surface area contributed by atoms with Crippen LogP contribution in [0, 0.1) is 0 Å². The molecule has 0 saturated carbocycles. The van der Waals surface area contributed by atoms with E-state index in [4.69, 9.17) is 9.47 Å². The Hall–Kier alpha value is -2.08. The SMILES string of the molecule is COc1ccc(OC)c(CN2CCN(CCc3ccccc3)[C@@H](CCO)C2)c1. The summed E-state index contributed by atoms with van der Waals surface area (Å²) in [5.74, 6) is 1.75. The molecule has 2 aromatic rings. The van der Waals surface area contributed by atoms with Gasteiger partial charge in [-0.15, -0.1) is 0 Å². The van der Waals surface area contributed by atoms with E-state index < -0.39 is 0 Å². The van der Waals surface area contributed by atoms with Gasteiger partial charge in [0.25, 0.3) is 0 Å². The fourth-order valence-corrected chi connectivity index (χ4v) is 3.98. The van der Waals surface area contributed by atoms with E-state index in [0.717, 1.165) is 62.6 Å². The minimum absolute atomic E-state index is 0.225. The number of aliphatic hydroxyl groups is 1. The molecule has 152 valence electrons. The molecule has 0 unspecified atom stereocenters. The van der Waals surface area contributed by atoms with E-state index in [1.807, 2.05) is 12.1 Å². The summed E-state index contributed by atoms with van der Waals surface area (Å²) in [5.41, 5.74) is 2.51. The van der Waals surface area contributed by atoms with Gasteiger partial charge in [-0.25, -0.2) is 0 Å². The number of aliphatic hydroxyl groups excluding tert-OH is 1. The molecule has 0 spiro atoms. The summed E-state index contributed by atoms with van der Waals surface area (Å²) < 4.78 is 10.9. The van der Waals surface area contributed by atoms with Crippen molar-refractivity contribution in [2.45, 2.75) is 25.4 Å². The maximum absolute atomic E-state index is 9.57. The van der Waals surface area contributed by atoms with Gasteiger partial charge in [-0.05, 0) is 36.6 Å². The number of ether oxygens (including phenoxy) is 2. The van der Waals surface area contributed by atoms with Crippen LogP contribution in [0.4, 0.5) is 0 Å². The maximum Gasteiger partial charge on any atom is 0.123 e. The third-order valence-electron chi connectivity index (χ3n) is 5.56. The number of nitrogens with zero attached hydrogens (tertiary/aromatic N) is 2. The second kappa shape index (κ2) is 10.5. The van der Waals surface area contributed by atoms with Gasteiger partial charge in [0.1, 0.15) is 11.5 Å². The summed E-state index contributed by atoms with van der Waals surface area (Å²) >= 11 is 0. The molecule has 0 aromatic heterocycles. The summed E-state index contributed by atoms with van der Waals surface area (Å²) in [4.78, 5) is 4.99. The van der Waals surface area contributed by atoms with Crippen molar-refractivity contribution in [3.8, 4) is 11.5 Å². The molecule has 28 heavy (non-hydrogen) atoms. The van der Waals surface area contributed by atoms with E-state index in [1.165, 1.54) is 5.56 Å². The Morgan fingerprint density at radius 1 is 1.04 bits per heavy atom. The topological polar surface area (TPSA) is 45.2 Å². The van der Waals surface area contributed by atoms with Gasteiger partial charge in [-0.3, -0.25) is 9.80 Å². The maximum atomic E-state index is 9.57. The normalized spacial score (nSPS) is 18.2. The van der Waals surface area contributed by atoms with Gasteiger partial charge in [0.2, 0.25) is 0 Å². The number of hydrogen-bond acceptors (Lipinski definition) is 5. The smallest absolute Gasteiger partial charge is 0.123 e. The first kappa shape index (κ1) is 20.6. The van der Waals surface area contributed by atoms with E-state index in [-0.39, 0.29) is 6.61 Å². The Balaban J connectivity index is 1.62. The van der Waals surface area contributed by atoms with Crippen LogP contribution in [0.3, 0.4) is 0 Å². The summed E-state index contributed by atoms with van der Waals surface area (Å²) in [7, 11) is 3.40. The van der Waals surface area contributed by atoms with Crippen molar-refractivity contribution < 1.29 is 14.6 Å². The molecule has 1 atom stereocenters. The van der Waals surface area contributed by atoms with Crippen LogP contribution in [0.25, 0.3) is 0 Å². The molecule has 2 aromatic carbocycles. The van der Waals surface area contributed by atoms with Gasteiger partial charge < -0.3 is 14.6 Å². The quantitative estimate of drug-likeness (QED) is 0.720. The average Bonchev–Trinajstić information content (AvgIpc) is 2.74. The van der Waals surface area contributed by atoms with Crippen LogP contribution < -0.4 is 9.47 Å². The Morgan fingerprint density at radius 3 is 2.57 bits per heavy atom. The van der Waals surface area contributed by atoms with Gasteiger partial charge in [0.15, 0.2) is 0 Å². The van der Waals surface area contributed by atoms with Gasteiger partial charge in [0.05, 0.1) is 14.2 Å². The molecule has 1 heterocycles. The molecular weight excluding hydrogens is 352 g/mol. The van der Waals surface area contributed by atoms with Crippen LogP contribution in [0.5, 0.6) is 11.5 Å². The lowest BCUT2D eigenvalue weighted by molar-refractivity contribution is 0.0558. The predicted molar refractivity (Wildman–Crippen MR) is 112 cm³/mol. The molecule has 0 amide bonds. The van der Waals surface area contributed by atoms with Crippen LogP contribution in [-0.2, 0) is 13.0 Å². The fourth-order valence-electron chi connectivity index (χ4n) is 3.98. The number of rotatable bonds is 9. The fraction of sp³-hybridized carbons (Fsp3) is 0.478. The Morgan fingerprint density at radius 2 is 1.86 bits per heavy atom. The number of benzene rings is 2. The summed E-state index contributed by atoms with van der Waals surface area (Å²) in [6.07, 6.45) is 1.85. The van der Waals surface area contributed by atoms with Crippen LogP contribution in [0.1, 0.15) is 17.5 Å². The van der Waals surface area contributed by atoms with Gasteiger partial charge in [0, 0.05) is 50.9 Å². The highest BCUT2D eigenvalue weighted by molar-refractivity contribution is 5.40. The number of piperazine rings is 1. The lowest BCUT2D eigenvalue weighted by Crippen LogP contribution is -2.53. The van der Waals surface area contributed by atoms with Crippen LogP contribution in [-0.4, -0.2) is 68.0 Å². The van der Waals surface area contributed by atoms with Crippen molar-refractivity contribution in [1.82, 2.24) is 9.80 Å². The highest BCUT2D eigenvalue weighted by atomic mass is 16.5. The Labute approximate surface area is 168 Å². The van der Waals surface area contributed by atoms with Gasteiger partial charge in [-0.1, -0.05) is 30.3 Å². The molecule has 1 aliphatic heterocycles. The molecule has 3 rings (SSSR count). The zero-order valence-electron chi connectivity index (χ0n) is 17.0. The number of methoxy groups -OCH3 is 2. The van der Waals surface area contributed by atoms with Crippen molar-refractivity contribution in [1.29, 1.82) is 0 Å². The molecule has 1 saturated heterocycles. The van der Waals surface area contributed by atoms with Crippen molar-refractivity contribution in [3.63, 3.8) is 0 Å². The summed E-state index contributed by atoms with van der Waals surface area (Å²) in [5, 5.41) is 9.57. The molecule has 5 nitrogen and oxygen atoms in total. The first-order valence-corrected chi connectivity index (χ1v) is 10.1. The molecule has 5 heteroatoms. The predicted octanol–water partition coefficient (Wildman–Crippen LogP) is 2.82. The van der Waals surface area contributed by atoms with E-state index >= 15 is 0 Å². The van der Waals surface area contributed by atoms with E-state index in [0.29, 0.717) is 6.04 Å². The third-order valence-corrected chi connectivity index (χ3v) is 5.56. The van der Waals surface area contributed by atoms with Crippen LogP contribution >= 0.6 is 0 Å². The second-order valence-corrected chi connectivity index (χ2v) is 7.35. The van der Waals surface area contributed by atoms with Crippen molar-refractivity contribution in [3.05, 3.63) is 59.7 Å². The van der Waals surface area contributed by atoms with Crippen molar-refractivity contribution in [2.24, 2.45) is 0 Å². The zero-order chi connectivity index (χ0) is 19.8. The van der Waals surface area contributed by atoms with E-state index in [9.17, 15) is 5.11 Å². The standard InChI is InChI=1S/C23H32N2O3/c1-27-22-8-9-23(28-2)20(16-22)17-24-13-14-25(21(18-24)11-15-26)12-10-19-6-4-3-5-7-19/h3-9,16,21,26H,10-15,17-18H2,1-2H3/t21-/m0/s1. The van der Waals surface area contributed by atoms with Crippen molar-refractivity contribution in [2.75, 3.05) is 47.0 Å². The molecule has 0 aliphatic carbocycles. The largest absolute Gasteiger partial charge is 0.497 e. The molecular formula is C23H32N2O3. The first-order chi connectivity index (χ1) is 13.7. The van der Waals surface area contributed by atoms with E-state index in [1.54, 1.807) is 14.2 Å².